The minimum atomic E-state index is -0.0528. The summed E-state index contributed by atoms with van der Waals surface area (Å²) in [4.78, 5) is 13.2. The zero-order valence-corrected chi connectivity index (χ0v) is 16.0. The molecule has 25 heavy (non-hydrogen) atoms. The van der Waals surface area contributed by atoms with Crippen molar-refractivity contribution in [3.8, 4) is 10.7 Å². The van der Waals surface area contributed by atoms with Crippen molar-refractivity contribution in [1.82, 2.24) is 14.8 Å². The van der Waals surface area contributed by atoms with Gasteiger partial charge in [0.25, 0.3) is 0 Å². The van der Waals surface area contributed by atoms with Crippen molar-refractivity contribution in [1.29, 1.82) is 0 Å². The van der Waals surface area contributed by atoms with E-state index in [1.165, 1.54) is 17.3 Å². The van der Waals surface area contributed by atoms with Gasteiger partial charge in [-0.2, -0.15) is 0 Å². The van der Waals surface area contributed by atoms with Gasteiger partial charge in [-0.3, -0.25) is 4.79 Å². The SMILES string of the molecule is CC(C)c1ccc(NC(=O)CSc2nnc(-c3cccs3)n2C)cc1. The molecule has 0 atom stereocenters. The first-order valence-electron chi connectivity index (χ1n) is 8.00. The zero-order valence-electron chi connectivity index (χ0n) is 14.4. The highest BCUT2D eigenvalue weighted by molar-refractivity contribution is 7.99. The number of anilines is 1. The summed E-state index contributed by atoms with van der Waals surface area (Å²) in [5.74, 6) is 1.54. The van der Waals surface area contributed by atoms with Crippen molar-refractivity contribution in [2.24, 2.45) is 7.05 Å². The number of carbonyl (C=O) groups excluding carboxylic acids is 1. The number of benzene rings is 1. The molecule has 0 aliphatic carbocycles. The average Bonchev–Trinajstić information content (AvgIpc) is 3.23. The molecule has 0 spiro atoms. The Hall–Kier alpha value is -2.12. The van der Waals surface area contributed by atoms with Crippen LogP contribution >= 0.6 is 23.1 Å². The number of hydrogen-bond donors (Lipinski definition) is 1. The number of amides is 1. The van der Waals surface area contributed by atoms with Crippen LogP contribution in [0.1, 0.15) is 25.3 Å². The quantitative estimate of drug-likeness (QED) is 0.652. The third kappa shape index (κ3) is 4.29. The van der Waals surface area contributed by atoms with E-state index in [-0.39, 0.29) is 5.91 Å². The summed E-state index contributed by atoms with van der Waals surface area (Å²) in [7, 11) is 1.92. The first kappa shape index (κ1) is 17.7. The second kappa shape index (κ2) is 7.84. The number of thiophene rings is 1. The molecule has 3 rings (SSSR count). The molecule has 1 N–H and O–H groups in total. The Morgan fingerprint density at radius 2 is 2.00 bits per heavy atom. The van der Waals surface area contributed by atoms with Gasteiger partial charge < -0.3 is 9.88 Å². The third-order valence-electron chi connectivity index (χ3n) is 3.77. The van der Waals surface area contributed by atoms with Crippen LogP contribution in [0.15, 0.2) is 46.9 Å². The van der Waals surface area contributed by atoms with E-state index in [9.17, 15) is 4.79 Å². The number of nitrogens with zero attached hydrogens (tertiary/aromatic N) is 3. The molecule has 0 unspecified atom stereocenters. The Morgan fingerprint density at radius 3 is 2.64 bits per heavy atom. The highest BCUT2D eigenvalue weighted by Gasteiger charge is 2.13. The summed E-state index contributed by atoms with van der Waals surface area (Å²) in [6.07, 6.45) is 0. The Labute approximate surface area is 155 Å². The van der Waals surface area contributed by atoms with Gasteiger partial charge in [0.1, 0.15) is 0 Å². The summed E-state index contributed by atoms with van der Waals surface area (Å²) in [6.45, 7) is 4.30. The van der Waals surface area contributed by atoms with E-state index in [0.717, 1.165) is 21.5 Å². The van der Waals surface area contributed by atoms with Crippen molar-refractivity contribution < 1.29 is 4.79 Å². The molecule has 0 aliphatic heterocycles. The van der Waals surface area contributed by atoms with E-state index in [0.29, 0.717) is 11.7 Å². The minimum Gasteiger partial charge on any atom is -0.325 e. The Kier molecular flexibility index (Phi) is 5.55. The molecule has 7 heteroatoms. The topological polar surface area (TPSA) is 59.8 Å². The van der Waals surface area contributed by atoms with E-state index in [2.05, 4.69) is 29.4 Å². The number of thioether (sulfide) groups is 1. The lowest BCUT2D eigenvalue weighted by atomic mass is 10.0. The minimum absolute atomic E-state index is 0.0528. The van der Waals surface area contributed by atoms with Gasteiger partial charge in [-0.15, -0.1) is 21.5 Å². The first-order valence-corrected chi connectivity index (χ1v) is 9.87. The number of carbonyl (C=O) groups is 1. The predicted octanol–water partition coefficient (Wildman–Crippen LogP) is 4.40. The lowest BCUT2D eigenvalue weighted by molar-refractivity contribution is -0.113. The summed E-state index contributed by atoms with van der Waals surface area (Å²) in [5, 5.41) is 14.1. The van der Waals surface area contributed by atoms with Gasteiger partial charge in [-0.05, 0) is 35.1 Å². The zero-order chi connectivity index (χ0) is 17.8. The van der Waals surface area contributed by atoms with Crippen LogP contribution in [0.25, 0.3) is 10.7 Å². The van der Waals surface area contributed by atoms with E-state index in [1.54, 1.807) is 11.3 Å². The molecule has 0 radical (unpaired) electrons. The van der Waals surface area contributed by atoms with Crippen LogP contribution in [-0.4, -0.2) is 26.4 Å². The fourth-order valence-corrected chi connectivity index (χ4v) is 3.79. The molecule has 2 heterocycles. The highest BCUT2D eigenvalue weighted by Crippen LogP contribution is 2.26. The third-order valence-corrected chi connectivity index (χ3v) is 5.66. The Bertz CT molecular complexity index is 839. The molecular formula is C18H20N4OS2. The molecule has 2 aromatic heterocycles. The molecule has 130 valence electrons. The Morgan fingerprint density at radius 1 is 1.24 bits per heavy atom. The molecule has 0 saturated carbocycles. The molecule has 0 saturated heterocycles. The number of rotatable bonds is 6. The highest BCUT2D eigenvalue weighted by atomic mass is 32.2. The van der Waals surface area contributed by atoms with Crippen molar-refractivity contribution in [2.45, 2.75) is 24.9 Å². The fraction of sp³-hybridized carbons (Fsp3) is 0.278. The van der Waals surface area contributed by atoms with Gasteiger partial charge in [0, 0.05) is 12.7 Å². The molecular weight excluding hydrogens is 352 g/mol. The number of hydrogen-bond acceptors (Lipinski definition) is 5. The van der Waals surface area contributed by atoms with Gasteiger partial charge in [0.15, 0.2) is 11.0 Å². The number of nitrogens with one attached hydrogen (secondary N) is 1. The van der Waals surface area contributed by atoms with Crippen LogP contribution in [-0.2, 0) is 11.8 Å². The normalized spacial score (nSPS) is 11.0. The van der Waals surface area contributed by atoms with Crippen LogP contribution in [0.4, 0.5) is 5.69 Å². The van der Waals surface area contributed by atoms with Gasteiger partial charge in [0.2, 0.25) is 5.91 Å². The van der Waals surface area contributed by atoms with Gasteiger partial charge in [-0.1, -0.05) is 43.8 Å². The largest absolute Gasteiger partial charge is 0.325 e. The van der Waals surface area contributed by atoms with Gasteiger partial charge in [0.05, 0.1) is 10.6 Å². The summed E-state index contributed by atoms with van der Waals surface area (Å²) in [6, 6.07) is 12.0. The van der Waals surface area contributed by atoms with E-state index in [4.69, 9.17) is 0 Å². The van der Waals surface area contributed by atoms with Crippen LogP contribution < -0.4 is 5.32 Å². The average molecular weight is 373 g/mol. The van der Waals surface area contributed by atoms with Gasteiger partial charge >= 0.3 is 0 Å². The van der Waals surface area contributed by atoms with Crippen molar-refractivity contribution in [3.05, 3.63) is 47.3 Å². The van der Waals surface area contributed by atoms with Crippen LogP contribution in [0, 0.1) is 0 Å². The maximum atomic E-state index is 12.2. The Balaban J connectivity index is 1.57. The van der Waals surface area contributed by atoms with Crippen molar-refractivity contribution in [3.63, 3.8) is 0 Å². The molecule has 1 amide bonds. The maximum Gasteiger partial charge on any atom is 0.234 e. The lowest BCUT2D eigenvalue weighted by Crippen LogP contribution is -2.14. The summed E-state index contributed by atoms with van der Waals surface area (Å²) >= 11 is 3.00. The second-order valence-corrected chi connectivity index (χ2v) is 7.85. The molecule has 0 fully saturated rings. The molecule has 1 aromatic carbocycles. The molecule has 3 aromatic rings. The monoisotopic (exact) mass is 372 g/mol. The van der Waals surface area contributed by atoms with Gasteiger partial charge in [-0.25, -0.2) is 0 Å². The van der Waals surface area contributed by atoms with E-state index < -0.39 is 0 Å². The smallest absolute Gasteiger partial charge is 0.234 e. The van der Waals surface area contributed by atoms with Crippen LogP contribution in [0.3, 0.4) is 0 Å². The van der Waals surface area contributed by atoms with Crippen LogP contribution in [0.2, 0.25) is 0 Å². The maximum absolute atomic E-state index is 12.2. The van der Waals surface area contributed by atoms with E-state index >= 15 is 0 Å². The van der Waals surface area contributed by atoms with Crippen molar-refractivity contribution >= 4 is 34.7 Å². The fourth-order valence-electron chi connectivity index (χ4n) is 2.34. The number of aromatic nitrogens is 3. The lowest BCUT2D eigenvalue weighted by Gasteiger charge is -2.08. The molecule has 5 nitrogen and oxygen atoms in total. The molecule has 0 bridgehead atoms. The van der Waals surface area contributed by atoms with Crippen molar-refractivity contribution in [2.75, 3.05) is 11.1 Å². The first-order chi connectivity index (χ1) is 12.0. The predicted molar refractivity (Wildman–Crippen MR) is 104 cm³/mol. The summed E-state index contributed by atoms with van der Waals surface area (Å²) in [5.41, 5.74) is 2.07. The second-order valence-electron chi connectivity index (χ2n) is 5.96. The molecule has 0 aliphatic rings. The standard InChI is InChI=1S/C18H20N4OS2/c1-12(2)13-6-8-14(9-7-13)19-16(23)11-25-18-21-20-17(22(18)3)15-5-4-10-24-15/h4-10,12H,11H2,1-3H3,(H,19,23). The van der Waals surface area contributed by atoms with Crippen LogP contribution in [0.5, 0.6) is 0 Å². The van der Waals surface area contributed by atoms with E-state index in [1.807, 2.05) is 53.4 Å². The summed E-state index contributed by atoms with van der Waals surface area (Å²) < 4.78 is 1.92.